The van der Waals surface area contributed by atoms with Gasteiger partial charge in [0.05, 0.1) is 17.8 Å². The van der Waals surface area contributed by atoms with Crippen molar-refractivity contribution in [2.75, 3.05) is 25.5 Å². The Hall–Kier alpha value is -2.24. The summed E-state index contributed by atoms with van der Waals surface area (Å²) in [6.07, 6.45) is 4.94. The minimum Gasteiger partial charge on any atom is -0.495 e. The molecule has 0 aliphatic heterocycles. The number of ether oxygens (including phenoxy) is 1. The quantitative estimate of drug-likeness (QED) is 0.669. The van der Waals surface area contributed by atoms with Gasteiger partial charge in [-0.2, -0.15) is 0 Å². The van der Waals surface area contributed by atoms with Gasteiger partial charge in [0.1, 0.15) is 11.4 Å². The summed E-state index contributed by atoms with van der Waals surface area (Å²) in [6, 6.07) is 7.89. The van der Waals surface area contributed by atoms with Gasteiger partial charge in [0.25, 0.3) is 0 Å². The summed E-state index contributed by atoms with van der Waals surface area (Å²) >= 11 is 6.27. The van der Waals surface area contributed by atoms with Gasteiger partial charge in [-0.25, -0.2) is 4.98 Å². The normalized spacial score (nSPS) is 11.0. The van der Waals surface area contributed by atoms with Crippen LogP contribution >= 0.6 is 11.6 Å². The number of methoxy groups -OCH3 is 1. The number of nitrogens with zero attached hydrogens (tertiary/aromatic N) is 2. The highest BCUT2D eigenvalue weighted by molar-refractivity contribution is 6.32. The van der Waals surface area contributed by atoms with E-state index >= 15 is 0 Å². The third-order valence-electron chi connectivity index (χ3n) is 3.94. The van der Waals surface area contributed by atoms with E-state index in [2.05, 4.69) is 5.32 Å². The number of pyridine rings is 1. The largest absolute Gasteiger partial charge is 0.495 e. The van der Waals surface area contributed by atoms with Gasteiger partial charge in [-0.3, -0.25) is 0 Å². The highest BCUT2D eigenvalue weighted by Crippen LogP contribution is 2.33. The molecular weight excluding hydrogens is 324 g/mol. The van der Waals surface area contributed by atoms with Crippen LogP contribution in [0.3, 0.4) is 0 Å². The number of hydrogen-bond donors (Lipinski definition) is 2. The van der Waals surface area contributed by atoms with Crippen LogP contribution in [0.2, 0.25) is 5.02 Å². The van der Waals surface area contributed by atoms with Crippen molar-refractivity contribution in [2.24, 2.45) is 5.73 Å². The van der Waals surface area contributed by atoms with Crippen molar-refractivity contribution in [1.29, 1.82) is 0 Å². The van der Waals surface area contributed by atoms with Crippen molar-refractivity contribution < 1.29 is 4.74 Å². The lowest BCUT2D eigenvalue weighted by Gasteiger charge is -2.08. The minimum absolute atomic E-state index is 0.583. The molecule has 1 aromatic carbocycles. The molecule has 126 valence electrons. The van der Waals surface area contributed by atoms with Crippen LogP contribution in [-0.2, 0) is 0 Å². The lowest BCUT2D eigenvalue weighted by Crippen LogP contribution is -2.08. The summed E-state index contributed by atoms with van der Waals surface area (Å²) in [5.41, 5.74) is 10.4. The van der Waals surface area contributed by atoms with E-state index in [1.807, 2.05) is 48.0 Å². The van der Waals surface area contributed by atoms with Gasteiger partial charge in [-0.05, 0) is 43.7 Å². The molecule has 2 aromatic heterocycles. The molecule has 24 heavy (non-hydrogen) atoms. The van der Waals surface area contributed by atoms with E-state index in [1.165, 1.54) is 0 Å². The number of rotatable bonds is 6. The van der Waals surface area contributed by atoms with E-state index in [1.54, 1.807) is 7.11 Å². The molecule has 3 N–H and O–H groups in total. The second-order valence-electron chi connectivity index (χ2n) is 5.68. The van der Waals surface area contributed by atoms with Crippen LogP contribution < -0.4 is 15.8 Å². The van der Waals surface area contributed by atoms with Gasteiger partial charge in [0.2, 0.25) is 0 Å². The van der Waals surface area contributed by atoms with Gasteiger partial charge < -0.3 is 20.2 Å². The zero-order chi connectivity index (χ0) is 17.1. The first kappa shape index (κ1) is 16.6. The molecule has 0 bridgehead atoms. The Morgan fingerprint density at radius 1 is 1.33 bits per heavy atom. The fourth-order valence-electron chi connectivity index (χ4n) is 2.64. The van der Waals surface area contributed by atoms with Crippen LogP contribution in [0.25, 0.3) is 16.9 Å². The molecular formula is C18H21ClN4O. The summed E-state index contributed by atoms with van der Waals surface area (Å²) in [4.78, 5) is 4.73. The number of aromatic nitrogens is 2. The van der Waals surface area contributed by atoms with Crippen molar-refractivity contribution >= 4 is 22.9 Å². The SMILES string of the molecule is COc1cc(C)c(-c2cn3ccc(NCCCN)cc3n2)cc1Cl. The van der Waals surface area contributed by atoms with E-state index in [0.29, 0.717) is 17.3 Å². The number of hydrogen-bond acceptors (Lipinski definition) is 4. The van der Waals surface area contributed by atoms with E-state index < -0.39 is 0 Å². The van der Waals surface area contributed by atoms with Crippen molar-refractivity contribution in [3.63, 3.8) is 0 Å². The Morgan fingerprint density at radius 3 is 2.92 bits per heavy atom. The van der Waals surface area contributed by atoms with E-state index in [9.17, 15) is 0 Å². The Labute approximate surface area is 146 Å². The number of anilines is 1. The fraction of sp³-hybridized carbons (Fsp3) is 0.278. The fourth-order valence-corrected chi connectivity index (χ4v) is 2.88. The predicted molar refractivity (Wildman–Crippen MR) is 99.1 cm³/mol. The van der Waals surface area contributed by atoms with Crippen LogP contribution in [0.1, 0.15) is 12.0 Å². The molecule has 2 heterocycles. The molecule has 0 fully saturated rings. The summed E-state index contributed by atoms with van der Waals surface area (Å²) in [6.45, 7) is 3.56. The Morgan fingerprint density at radius 2 is 2.17 bits per heavy atom. The molecule has 3 rings (SSSR count). The maximum Gasteiger partial charge on any atom is 0.139 e. The van der Waals surface area contributed by atoms with E-state index in [-0.39, 0.29) is 0 Å². The Balaban J connectivity index is 1.95. The van der Waals surface area contributed by atoms with Crippen molar-refractivity contribution in [1.82, 2.24) is 9.38 Å². The van der Waals surface area contributed by atoms with E-state index in [0.717, 1.165) is 41.1 Å². The van der Waals surface area contributed by atoms with Crippen molar-refractivity contribution in [2.45, 2.75) is 13.3 Å². The van der Waals surface area contributed by atoms with Crippen molar-refractivity contribution in [3.8, 4) is 17.0 Å². The molecule has 0 atom stereocenters. The maximum atomic E-state index is 6.27. The van der Waals surface area contributed by atoms with Crippen LogP contribution in [-0.4, -0.2) is 29.6 Å². The monoisotopic (exact) mass is 344 g/mol. The number of halogens is 1. The Kier molecular flexibility index (Phi) is 4.92. The highest BCUT2D eigenvalue weighted by Gasteiger charge is 2.11. The third-order valence-corrected chi connectivity index (χ3v) is 4.24. The number of fused-ring (bicyclic) bond motifs is 1. The first-order chi connectivity index (χ1) is 11.6. The zero-order valence-electron chi connectivity index (χ0n) is 13.8. The zero-order valence-corrected chi connectivity index (χ0v) is 14.6. The van der Waals surface area contributed by atoms with Gasteiger partial charge in [0.15, 0.2) is 0 Å². The smallest absolute Gasteiger partial charge is 0.139 e. The molecule has 6 heteroatoms. The molecule has 5 nitrogen and oxygen atoms in total. The van der Waals surface area contributed by atoms with Crippen LogP contribution in [0.5, 0.6) is 5.75 Å². The third kappa shape index (κ3) is 3.32. The average molecular weight is 345 g/mol. The molecule has 3 aromatic rings. The van der Waals surface area contributed by atoms with Crippen LogP contribution in [0.4, 0.5) is 5.69 Å². The molecule has 0 amide bonds. The average Bonchev–Trinajstić information content (AvgIpc) is 2.99. The number of imidazole rings is 1. The van der Waals surface area contributed by atoms with Gasteiger partial charge in [0, 0.05) is 36.3 Å². The van der Waals surface area contributed by atoms with Crippen LogP contribution in [0.15, 0.2) is 36.7 Å². The summed E-state index contributed by atoms with van der Waals surface area (Å²) in [5.74, 6) is 0.674. The van der Waals surface area contributed by atoms with Crippen molar-refractivity contribution in [3.05, 3.63) is 47.2 Å². The molecule has 0 spiro atoms. The van der Waals surface area contributed by atoms with Gasteiger partial charge in [-0.15, -0.1) is 0 Å². The molecule has 0 aliphatic rings. The lowest BCUT2D eigenvalue weighted by molar-refractivity contribution is 0.415. The Bertz CT molecular complexity index is 860. The number of nitrogens with one attached hydrogen (secondary N) is 1. The molecule has 0 saturated carbocycles. The molecule has 0 radical (unpaired) electrons. The van der Waals surface area contributed by atoms with Gasteiger partial charge >= 0.3 is 0 Å². The molecule has 0 saturated heterocycles. The number of benzene rings is 1. The summed E-state index contributed by atoms with van der Waals surface area (Å²) in [5, 5.41) is 3.93. The van der Waals surface area contributed by atoms with E-state index in [4.69, 9.17) is 27.1 Å². The number of nitrogens with two attached hydrogens (primary N) is 1. The maximum absolute atomic E-state index is 6.27. The minimum atomic E-state index is 0.583. The second kappa shape index (κ2) is 7.11. The second-order valence-corrected chi connectivity index (χ2v) is 6.08. The summed E-state index contributed by atoms with van der Waals surface area (Å²) in [7, 11) is 1.62. The standard InChI is InChI=1S/C18H21ClN4O/c1-12-8-17(24-2)15(19)10-14(12)16-11-23-7-4-13(9-18(23)22-16)21-6-3-5-20/h4,7-11,21H,3,5-6,20H2,1-2H3. The number of aryl methyl sites for hydroxylation is 1. The van der Waals surface area contributed by atoms with Gasteiger partial charge in [-0.1, -0.05) is 11.6 Å². The molecule has 0 aliphatic carbocycles. The topological polar surface area (TPSA) is 64.6 Å². The first-order valence-electron chi connectivity index (χ1n) is 7.89. The predicted octanol–water partition coefficient (Wildman–Crippen LogP) is 3.73. The summed E-state index contributed by atoms with van der Waals surface area (Å²) < 4.78 is 7.26. The lowest BCUT2D eigenvalue weighted by atomic mass is 10.1. The van der Waals surface area contributed by atoms with Crippen LogP contribution in [0, 0.1) is 6.92 Å². The first-order valence-corrected chi connectivity index (χ1v) is 8.27. The highest BCUT2D eigenvalue weighted by atomic mass is 35.5. The molecule has 0 unspecified atom stereocenters.